The lowest BCUT2D eigenvalue weighted by Gasteiger charge is -2.33. The zero-order valence-corrected chi connectivity index (χ0v) is 26.2. The Bertz CT molecular complexity index is 1560. The molecule has 5 N–H and O–H groups in total. The largest absolute Gasteiger partial charge is 0.464 e. The molecule has 7 atom stereocenters. The SMILES string of the molecule is CC(C)COC(=O)[C@H](C)NP(=O)(Oc1ccc(C(C)(C)C)cc1)OC1[C@H]2O[C@@](C)(c3ccc4c(N)ncnn34)[C@H](O)[C@@]12O. The van der Waals surface area contributed by atoms with Crippen LogP contribution in [0.3, 0.4) is 0 Å². The summed E-state index contributed by atoms with van der Waals surface area (Å²) in [6, 6.07) is 9.26. The molecule has 2 aromatic heterocycles. The molecular formula is C29H40N5O8P. The monoisotopic (exact) mass is 617 g/mol. The molecule has 1 aliphatic carbocycles. The quantitative estimate of drug-likeness (QED) is 0.193. The third-order valence-corrected chi connectivity index (χ3v) is 9.52. The van der Waals surface area contributed by atoms with Crippen LogP contribution >= 0.6 is 7.75 Å². The van der Waals surface area contributed by atoms with Crippen molar-refractivity contribution in [2.45, 2.75) is 89.4 Å². The van der Waals surface area contributed by atoms with Crippen LogP contribution in [0.2, 0.25) is 0 Å². The molecule has 5 rings (SSSR count). The highest BCUT2D eigenvalue weighted by Crippen LogP contribution is 2.63. The number of aliphatic hydroxyl groups is 2. The maximum atomic E-state index is 14.2. The molecule has 0 spiro atoms. The first-order chi connectivity index (χ1) is 20.0. The van der Waals surface area contributed by atoms with Gasteiger partial charge in [0.2, 0.25) is 0 Å². The highest BCUT2D eigenvalue weighted by atomic mass is 31.2. The van der Waals surface area contributed by atoms with Crippen LogP contribution in [0.15, 0.2) is 42.7 Å². The molecule has 43 heavy (non-hydrogen) atoms. The van der Waals surface area contributed by atoms with Gasteiger partial charge in [-0.15, -0.1) is 0 Å². The van der Waals surface area contributed by atoms with E-state index in [1.807, 2.05) is 26.0 Å². The zero-order chi connectivity index (χ0) is 31.5. The van der Waals surface area contributed by atoms with Gasteiger partial charge >= 0.3 is 13.7 Å². The predicted molar refractivity (Wildman–Crippen MR) is 157 cm³/mol. The maximum Gasteiger partial charge on any atom is 0.459 e. The van der Waals surface area contributed by atoms with Crippen LogP contribution in [0.4, 0.5) is 5.82 Å². The van der Waals surface area contributed by atoms with Crippen molar-refractivity contribution in [3.8, 4) is 5.75 Å². The van der Waals surface area contributed by atoms with E-state index in [1.165, 1.54) is 17.8 Å². The number of ether oxygens (including phenoxy) is 2. The van der Waals surface area contributed by atoms with Crippen LogP contribution in [0.5, 0.6) is 5.75 Å². The van der Waals surface area contributed by atoms with E-state index in [9.17, 15) is 19.6 Å². The van der Waals surface area contributed by atoms with Crippen LogP contribution in [0.1, 0.15) is 59.7 Å². The van der Waals surface area contributed by atoms with E-state index in [0.717, 1.165) is 5.56 Å². The van der Waals surface area contributed by atoms with Crippen molar-refractivity contribution in [1.29, 1.82) is 0 Å². The third kappa shape index (κ3) is 5.65. The van der Waals surface area contributed by atoms with Gasteiger partial charge in [-0.2, -0.15) is 10.2 Å². The summed E-state index contributed by atoms with van der Waals surface area (Å²) in [6.45, 7) is 13.2. The van der Waals surface area contributed by atoms with E-state index in [4.69, 9.17) is 24.3 Å². The molecule has 2 aliphatic rings. The Kier molecular flexibility index (Phi) is 7.90. The van der Waals surface area contributed by atoms with E-state index in [-0.39, 0.29) is 29.5 Å². The first kappa shape index (κ1) is 31.4. The van der Waals surface area contributed by atoms with Crippen molar-refractivity contribution in [3.05, 3.63) is 54.0 Å². The highest BCUT2D eigenvalue weighted by Gasteiger charge is 2.82. The molecule has 0 radical (unpaired) electrons. The molecule has 13 nitrogen and oxygen atoms in total. The molecule has 2 fully saturated rings. The predicted octanol–water partition coefficient (Wildman–Crippen LogP) is 3.08. The van der Waals surface area contributed by atoms with Crippen molar-refractivity contribution in [2.24, 2.45) is 5.92 Å². The minimum atomic E-state index is -4.36. The van der Waals surface area contributed by atoms with Crippen LogP contribution in [-0.4, -0.2) is 67.3 Å². The van der Waals surface area contributed by atoms with Crippen molar-refractivity contribution in [3.63, 3.8) is 0 Å². The van der Waals surface area contributed by atoms with Gasteiger partial charge < -0.3 is 29.9 Å². The number of nitrogens with two attached hydrogens (primary N) is 1. The van der Waals surface area contributed by atoms with Gasteiger partial charge in [0.1, 0.15) is 47.5 Å². The van der Waals surface area contributed by atoms with Crippen LogP contribution in [0, 0.1) is 5.92 Å². The molecule has 234 valence electrons. The molecule has 1 aliphatic heterocycles. The summed E-state index contributed by atoms with van der Waals surface area (Å²) in [6.07, 6.45) is -2.55. The Labute approximate surface area is 250 Å². The number of nitrogens with zero attached hydrogens (tertiary/aromatic N) is 3. The Hall–Kier alpha value is -3.06. The van der Waals surface area contributed by atoms with Gasteiger partial charge in [-0.3, -0.25) is 9.32 Å². The number of nitrogen functional groups attached to an aromatic ring is 1. The lowest BCUT2D eigenvalue weighted by atomic mass is 9.87. The number of benzene rings is 1. The number of hydrogen-bond acceptors (Lipinski definition) is 11. The number of anilines is 1. The van der Waals surface area contributed by atoms with Crippen molar-refractivity contribution < 1.29 is 38.1 Å². The van der Waals surface area contributed by atoms with Crippen LogP contribution in [0.25, 0.3) is 5.52 Å². The molecule has 0 amide bonds. The van der Waals surface area contributed by atoms with Gasteiger partial charge in [-0.05, 0) is 55.0 Å². The average molecular weight is 618 g/mol. The second-order valence-electron chi connectivity index (χ2n) is 12.9. The summed E-state index contributed by atoms with van der Waals surface area (Å²) < 4.78 is 38.9. The summed E-state index contributed by atoms with van der Waals surface area (Å²) >= 11 is 0. The van der Waals surface area contributed by atoms with Crippen LogP contribution in [-0.2, 0) is 34.4 Å². The second-order valence-corrected chi connectivity index (χ2v) is 14.5. The number of carbonyl (C=O) groups is 1. The second kappa shape index (κ2) is 10.8. The summed E-state index contributed by atoms with van der Waals surface area (Å²) in [7, 11) is -4.36. The zero-order valence-electron chi connectivity index (χ0n) is 25.3. The summed E-state index contributed by atoms with van der Waals surface area (Å²) in [4.78, 5) is 16.6. The standard InChI is InChI=1S/C29H40N5O8P/c1-16(2)14-39-25(35)17(3)33-43(38,41-19-10-8-18(9-11-19)27(4,5)6)42-23-22-29(23,37)26(36)28(7,40-22)21-13-12-20-24(30)31-15-32-34(20)21/h8-13,15-17,22-23,26,36-37H,14H2,1-7H3,(H,33,38)(H2,30,31,32)/t17-,22+,23?,26-,28-,29-,43?/m0/s1. The van der Waals surface area contributed by atoms with Gasteiger partial charge in [-0.1, -0.05) is 46.8 Å². The van der Waals surface area contributed by atoms with Crippen molar-refractivity contribution in [2.75, 3.05) is 12.3 Å². The van der Waals surface area contributed by atoms with Gasteiger partial charge in [0.25, 0.3) is 0 Å². The maximum absolute atomic E-state index is 14.2. The Morgan fingerprint density at radius 3 is 2.47 bits per heavy atom. The summed E-state index contributed by atoms with van der Waals surface area (Å²) in [5.74, 6) is -0.0923. The number of rotatable bonds is 10. The summed E-state index contributed by atoms with van der Waals surface area (Å²) in [5, 5.41) is 29.8. The average Bonchev–Trinajstić information content (AvgIpc) is 3.20. The van der Waals surface area contributed by atoms with E-state index >= 15 is 0 Å². The Morgan fingerprint density at radius 1 is 1.21 bits per heavy atom. The number of aliphatic hydroxyl groups excluding tert-OH is 1. The molecule has 3 heterocycles. The van der Waals surface area contributed by atoms with Crippen molar-refractivity contribution >= 4 is 25.1 Å². The fourth-order valence-electron chi connectivity index (χ4n) is 5.28. The lowest BCUT2D eigenvalue weighted by molar-refractivity contribution is -0.146. The Balaban J connectivity index is 1.38. The van der Waals surface area contributed by atoms with E-state index in [0.29, 0.717) is 11.2 Å². The smallest absolute Gasteiger partial charge is 0.459 e. The van der Waals surface area contributed by atoms with Gasteiger partial charge in [0.15, 0.2) is 11.4 Å². The number of fused-ring (bicyclic) bond motifs is 2. The molecule has 1 aromatic carbocycles. The summed E-state index contributed by atoms with van der Waals surface area (Å²) in [5.41, 5.74) is 4.45. The third-order valence-electron chi connectivity index (χ3n) is 7.86. The lowest BCUT2D eigenvalue weighted by Crippen LogP contribution is -2.46. The number of aromatic nitrogens is 3. The first-order valence-corrected chi connectivity index (χ1v) is 15.7. The van der Waals surface area contributed by atoms with Gasteiger partial charge in [0.05, 0.1) is 12.3 Å². The number of hydrogen-bond donors (Lipinski definition) is 4. The van der Waals surface area contributed by atoms with E-state index < -0.39 is 49.3 Å². The molecule has 0 bridgehead atoms. The molecule has 1 saturated heterocycles. The normalized spacial score (nSPS) is 28.8. The van der Waals surface area contributed by atoms with Crippen molar-refractivity contribution in [1.82, 2.24) is 19.7 Å². The van der Waals surface area contributed by atoms with E-state index in [1.54, 1.807) is 31.2 Å². The van der Waals surface area contributed by atoms with Gasteiger partial charge in [-0.25, -0.2) is 14.1 Å². The van der Waals surface area contributed by atoms with Crippen LogP contribution < -0.4 is 15.3 Å². The van der Waals surface area contributed by atoms with E-state index in [2.05, 4.69) is 35.9 Å². The minimum absolute atomic E-state index is 0.102. The van der Waals surface area contributed by atoms with Gasteiger partial charge in [0, 0.05) is 0 Å². The molecule has 14 heteroatoms. The highest BCUT2D eigenvalue weighted by molar-refractivity contribution is 7.52. The number of esters is 1. The fraction of sp³-hybridized carbons (Fsp3) is 0.552. The molecule has 3 aromatic rings. The Morgan fingerprint density at radius 2 is 1.88 bits per heavy atom. The molecule has 2 unspecified atom stereocenters. The number of carbonyl (C=O) groups excluding carboxylic acids is 1. The molecule has 1 saturated carbocycles. The minimum Gasteiger partial charge on any atom is -0.464 e. The topological polar surface area (TPSA) is 180 Å². The molecular weight excluding hydrogens is 577 g/mol. The first-order valence-electron chi connectivity index (χ1n) is 14.2. The fourth-order valence-corrected chi connectivity index (χ4v) is 7.00. The number of nitrogens with one attached hydrogen (secondary N) is 1.